The smallest absolute Gasteiger partial charge is 0.321 e. The van der Waals surface area contributed by atoms with E-state index < -0.39 is 0 Å². The van der Waals surface area contributed by atoms with Crippen LogP contribution in [-0.4, -0.2) is 55.2 Å². The standard InChI is InChI=1S/C19H21ClFN3O2/c20-15-1-5-17(6-2-15)22-19(25)24-11-9-23(10-12-24)13-14-26-18-7-3-16(21)4-8-18/h1-8H,9-14H2,(H,22,25). The van der Waals surface area contributed by atoms with Crippen molar-refractivity contribution in [2.75, 3.05) is 44.6 Å². The van der Waals surface area contributed by atoms with Gasteiger partial charge in [0.05, 0.1) is 0 Å². The number of amides is 2. The molecule has 26 heavy (non-hydrogen) atoms. The Hall–Kier alpha value is -2.31. The molecule has 0 atom stereocenters. The highest BCUT2D eigenvalue weighted by Crippen LogP contribution is 2.15. The van der Waals surface area contributed by atoms with Gasteiger partial charge in [-0.05, 0) is 48.5 Å². The molecular formula is C19H21ClFN3O2. The van der Waals surface area contributed by atoms with Gasteiger partial charge in [0.1, 0.15) is 18.2 Å². The molecule has 1 N–H and O–H groups in total. The van der Waals surface area contributed by atoms with Gasteiger partial charge in [0, 0.05) is 43.4 Å². The molecule has 1 saturated heterocycles. The number of urea groups is 1. The van der Waals surface area contributed by atoms with Gasteiger partial charge in [0.2, 0.25) is 0 Å². The van der Waals surface area contributed by atoms with Crippen molar-refractivity contribution in [3.63, 3.8) is 0 Å². The third-order valence-corrected chi connectivity index (χ3v) is 4.50. The molecule has 1 aliphatic rings. The molecule has 0 spiro atoms. The molecule has 0 aromatic heterocycles. The largest absolute Gasteiger partial charge is 0.492 e. The SMILES string of the molecule is O=C(Nc1ccc(Cl)cc1)N1CCN(CCOc2ccc(F)cc2)CC1. The molecule has 7 heteroatoms. The average Bonchev–Trinajstić information content (AvgIpc) is 2.66. The molecule has 2 amide bonds. The highest BCUT2D eigenvalue weighted by molar-refractivity contribution is 6.30. The summed E-state index contributed by atoms with van der Waals surface area (Å²) in [5, 5.41) is 3.52. The number of halogens is 2. The molecule has 0 saturated carbocycles. The predicted octanol–water partition coefficient (Wildman–Crippen LogP) is 3.71. The van der Waals surface area contributed by atoms with E-state index in [1.807, 2.05) is 0 Å². The van der Waals surface area contributed by atoms with Gasteiger partial charge >= 0.3 is 6.03 Å². The number of ether oxygens (including phenoxy) is 1. The minimum atomic E-state index is -0.273. The van der Waals surface area contributed by atoms with Crippen molar-refractivity contribution in [3.8, 4) is 5.75 Å². The number of carbonyl (C=O) groups excluding carboxylic acids is 1. The number of carbonyl (C=O) groups is 1. The summed E-state index contributed by atoms with van der Waals surface area (Å²) in [4.78, 5) is 16.3. The Morgan fingerprint density at radius 2 is 1.69 bits per heavy atom. The van der Waals surface area contributed by atoms with E-state index in [1.165, 1.54) is 12.1 Å². The second-order valence-electron chi connectivity index (χ2n) is 6.07. The number of benzene rings is 2. The number of nitrogens with zero attached hydrogens (tertiary/aromatic N) is 2. The first-order chi connectivity index (χ1) is 12.6. The lowest BCUT2D eigenvalue weighted by molar-refractivity contribution is 0.132. The van der Waals surface area contributed by atoms with Crippen LogP contribution >= 0.6 is 11.6 Å². The predicted molar refractivity (Wildman–Crippen MR) is 100 cm³/mol. The van der Waals surface area contributed by atoms with Crippen molar-refractivity contribution < 1.29 is 13.9 Å². The lowest BCUT2D eigenvalue weighted by atomic mass is 10.3. The van der Waals surface area contributed by atoms with Gasteiger partial charge in [0.15, 0.2) is 0 Å². The Morgan fingerprint density at radius 3 is 2.35 bits per heavy atom. The van der Waals surface area contributed by atoms with Crippen LogP contribution in [0.5, 0.6) is 5.75 Å². The highest BCUT2D eigenvalue weighted by Gasteiger charge is 2.20. The maximum absolute atomic E-state index is 12.8. The van der Waals surface area contributed by atoms with E-state index in [2.05, 4.69) is 10.2 Å². The van der Waals surface area contributed by atoms with Crippen molar-refractivity contribution in [2.24, 2.45) is 0 Å². The van der Waals surface area contributed by atoms with Gasteiger partial charge in [-0.2, -0.15) is 0 Å². The lowest BCUT2D eigenvalue weighted by Gasteiger charge is -2.34. The second-order valence-corrected chi connectivity index (χ2v) is 6.50. The quantitative estimate of drug-likeness (QED) is 0.864. The van der Waals surface area contributed by atoms with Crippen molar-refractivity contribution in [1.29, 1.82) is 0 Å². The Kier molecular flexibility index (Phi) is 6.30. The first-order valence-electron chi connectivity index (χ1n) is 8.52. The maximum atomic E-state index is 12.8. The number of rotatable bonds is 5. The number of nitrogens with one attached hydrogen (secondary N) is 1. The molecule has 2 aromatic carbocycles. The van der Waals surface area contributed by atoms with E-state index in [9.17, 15) is 9.18 Å². The van der Waals surface area contributed by atoms with Gasteiger partial charge < -0.3 is 15.0 Å². The highest BCUT2D eigenvalue weighted by atomic mass is 35.5. The van der Waals surface area contributed by atoms with Crippen LogP contribution in [0.4, 0.5) is 14.9 Å². The van der Waals surface area contributed by atoms with Gasteiger partial charge in [-0.1, -0.05) is 11.6 Å². The zero-order valence-corrected chi connectivity index (χ0v) is 15.1. The summed E-state index contributed by atoms with van der Waals surface area (Å²) in [7, 11) is 0. The van der Waals surface area contributed by atoms with Gasteiger partial charge in [-0.3, -0.25) is 4.90 Å². The third kappa shape index (κ3) is 5.34. The zero-order chi connectivity index (χ0) is 18.4. The van der Waals surface area contributed by atoms with E-state index in [0.29, 0.717) is 30.5 Å². The normalized spacial score (nSPS) is 14.9. The zero-order valence-electron chi connectivity index (χ0n) is 14.3. The number of piperazine rings is 1. The van der Waals surface area contributed by atoms with E-state index in [0.717, 1.165) is 25.3 Å². The fraction of sp³-hybridized carbons (Fsp3) is 0.316. The van der Waals surface area contributed by atoms with Crippen molar-refractivity contribution >= 4 is 23.3 Å². The summed E-state index contributed by atoms with van der Waals surface area (Å²) >= 11 is 5.85. The summed E-state index contributed by atoms with van der Waals surface area (Å²) in [6, 6.07) is 13.0. The lowest BCUT2D eigenvalue weighted by Crippen LogP contribution is -2.50. The monoisotopic (exact) mass is 377 g/mol. The number of hydrogen-bond donors (Lipinski definition) is 1. The molecule has 0 aliphatic carbocycles. The molecule has 0 bridgehead atoms. The Bertz CT molecular complexity index is 717. The minimum Gasteiger partial charge on any atom is -0.492 e. The number of anilines is 1. The number of hydrogen-bond acceptors (Lipinski definition) is 3. The van der Waals surface area contributed by atoms with E-state index in [1.54, 1.807) is 41.3 Å². The molecule has 138 valence electrons. The summed E-state index contributed by atoms with van der Waals surface area (Å²) < 4.78 is 18.5. The molecular weight excluding hydrogens is 357 g/mol. The van der Waals surface area contributed by atoms with Gasteiger partial charge in [0.25, 0.3) is 0 Å². The molecule has 1 fully saturated rings. The fourth-order valence-corrected chi connectivity index (χ4v) is 2.86. The molecule has 0 unspecified atom stereocenters. The molecule has 1 aliphatic heterocycles. The summed E-state index contributed by atoms with van der Waals surface area (Å²) in [6.07, 6.45) is 0. The van der Waals surface area contributed by atoms with E-state index >= 15 is 0 Å². The van der Waals surface area contributed by atoms with E-state index in [4.69, 9.17) is 16.3 Å². The van der Waals surface area contributed by atoms with Crippen LogP contribution in [0.25, 0.3) is 0 Å². The average molecular weight is 378 g/mol. The van der Waals surface area contributed by atoms with Crippen molar-refractivity contribution in [2.45, 2.75) is 0 Å². The molecule has 1 heterocycles. The van der Waals surface area contributed by atoms with Crippen molar-refractivity contribution in [1.82, 2.24) is 9.80 Å². The fourth-order valence-electron chi connectivity index (χ4n) is 2.73. The maximum Gasteiger partial charge on any atom is 0.321 e. The molecule has 5 nitrogen and oxygen atoms in total. The Morgan fingerprint density at radius 1 is 1.04 bits per heavy atom. The molecule has 0 radical (unpaired) electrons. The van der Waals surface area contributed by atoms with Crippen LogP contribution in [0, 0.1) is 5.82 Å². The van der Waals surface area contributed by atoms with Crippen LogP contribution in [0.1, 0.15) is 0 Å². The van der Waals surface area contributed by atoms with Crippen molar-refractivity contribution in [3.05, 3.63) is 59.4 Å². The topological polar surface area (TPSA) is 44.8 Å². The third-order valence-electron chi connectivity index (χ3n) is 4.24. The second kappa shape index (κ2) is 8.87. The molecule has 2 aromatic rings. The Labute approximate surface area is 157 Å². The van der Waals surface area contributed by atoms with Crippen LogP contribution in [0.3, 0.4) is 0 Å². The first kappa shape index (κ1) is 18.5. The summed E-state index contributed by atoms with van der Waals surface area (Å²) in [5.41, 5.74) is 0.731. The first-order valence-corrected chi connectivity index (χ1v) is 8.90. The van der Waals surface area contributed by atoms with Crippen LogP contribution in [0.2, 0.25) is 5.02 Å². The van der Waals surface area contributed by atoms with Crippen LogP contribution in [-0.2, 0) is 0 Å². The minimum absolute atomic E-state index is 0.102. The molecule has 3 rings (SSSR count). The summed E-state index contributed by atoms with van der Waals surface area (Å²) in [6.45, 7) is 4.21. The van der Waals surface area contributed by atoms with Crippen LogP contribution < -0.4 is 10.1 Å². The summed E-state index contributed by atoms with van der Waals surface area (Å²) in [5.74, 6) is 0.387. The van der Waals surface area contributed by atoms with E-state index in [-0.39, 0.29) is 11.8 Å². The van der Waals surface area contributed by atoms with Gasteiger partial charge in [-0.15, -0.1) is 0 Å². The van der Waals surface area contributed by atoms with Crippen LogP contribution in [0.15, 0.2) is 48.5 Å². The van der Waals surface area contributed by atoms with Gasteiger partial charge in [-0.25, -0.2) is 9.18 Å². The Balaban J connectivity index is 1.37.